The summed E-state index contributed by atoms with van der Waals surface area (Å²) < 4.78 is 62.8. The first kappa shape index (κ1) is 17.9. The second-order valence-corrected chi connectivity index (χ2v) is 8.13. The van der Waals surface area contributed by atoms with Gasteiger partial charge in [-0.15, -0.1) is 0 Å². The molecule has 1 atom stereocenters. The van der Waals surface area contributed by atoms with Gasteiger partial charge in [-0.1, -0.05) is 0 Å². The highest BCUT2D eigenvalue weighted by atomic mass is 32.2. The average molecular weight is 400 g/mol. The van der Waals surface area contributed by atoms with E-state index >= 15 is 0 Å². The number of nitrogens with zero attached hydrogens (tertiary/aromatic N) is 4. The second kappa shape index (κ2) is 6.30. The van der Waals surface area contributed by atoms with E-state index in [2.05, 4.69) is 24.7 Å². The zero-order valence-electron chi connectivity index (χ0n) is 13.9. The third-order valence-corrected chi connectivity index (χ3v) is 5.75. The van der Waals surface area contributed by atoms with Crippen molar-refractivity contribution >= 4 is 37.8 Å². The van der Waals surface area contributed by atoms with E-state index in [9.17, 15) is 21.6 Å². The van der Waals surface area contributed by atoms with E-state index < -0.39 is 28.0 Å². The molecule has 1 unspecified atom stereocenters. The van der Waals surface area contributed by atoms with Crippen molar-refractivity contribution in [2.24, 2.45) is 0 Å². The molecule has 0 bridgehead atoms. The second-order valence-electron chi connectivity index (χ2n) is 6.38. The van der Waals surface area contributed by atoms with E-state index in [0.717, 1.165) is 16.3 Å². The smallest absolute Gasteiger partial charge is 0.354 e. The Hall–Kier alpha value is -2.47. The van der Waals surface area contributed by atoms with Gasteiger partial charge in [0.1, 0.15) is 5.82 Å². The quantitative estimate of drug-likeness (QED) is 0.689. The molecule has 3 aromatic heterocycles. The number of aromatic amines is 1. The summed E-state index contributed by atoms with van der Waals surface area (Å²) >= 11 is 0. The molecule has 1 aliphatic heterocycles. The summed E-state index contributed by atoms with van der Waals surface area (Å²) in [5, 5.41) is 1.59. The molecule has 1 aliphatic rings. The van der Waals surface area contributed by atoms with E-state index in [1.807, 2.05) is 11.0 Å². The van der Waals surface area contributed by atoms with Gasteiger partial charge in [-0.05, 0) is 12.5 Å². The van der Waals surface area contributed by atoms with Crippen LogP contribution in [0.4, 0.5) is 19.0 Å². The summed E-state index contributed by atoms with van der Waals surface area (Å²) in [6.45, 7) is 0.685. The van der Waals surface area contributed by atoms with Gasteiger partial charge in [0.15, 0.2) is 11.4 Å². The Morgan fingerprint density at radius 3 is 2.89 bits per heavy atom. The van der Waals surface area contributed by atoms with Gasteiger partial charge in [-0.25, -0.2) is 28.1 Å². The molecule has 4 rings (SSSR count). The minimum absolute atomic E-state index is 0.223. The Morgan fingerprint density at radius 2 is 2.11 bits per heavy atom. The predicted molar refractivity (Wildman–Crippen MR) is 92.8 cm³/mol. The molecule has 1 saturated heterocycles. The number of pyridine rings is 1. The molecule has 27 heavy (non-hydrogen) atoms. The lowest BCUT2D eigenvalue weighted by Gasteiger charge is -2.20. The van der Waals surface area contributed by atoms with Crippen LogP contribution in [0.5, 0.6) is 0 Å². The normalized spacial score (nSPS) is 18.6. The minimum atomic E-state index is -4.78. The Morgan fingerprint density at radius 1 is 1.30 bits per heavy atom. The first-order valence-corrected chi connectivity index (χ1v) is 9.75. The first-order valence-electron chi connectivity index (χ1n) is 8.10. The van der Waals surface area contributed by atoms with Gasteiger partial charge < -0.3 is 9.88 Å². The molecule has 0 spiro atoms. The SMILES string of the molecule is O=S(=O)(CC(F)(F)F)NC1CCN(c2nc[nH]c3cnc4nccc4c23)C1. The molecule has 0 radical (unpaired) electrons. The van der Waals surface area contributed by atoms with Gasteiger partial charge in [0.05, 0.1) is 23.4 Å². The van der Waals surface area contributed by atoms with E-state index in [1.165, 1.54) is 6.33 Å². The van der Waals surface area contributed by atoms with Gasteiger partial charge in [0, 0.05) is 30.7 Å². The third kappa shape index (κ3) is 3.67. The number of hydrogen-bond acceptors (Lipinski definition) is 6. The first-order chi connectivity index (χ1) is 12.7. The number of halogens is 3. The van der Waals surface area contributed by atoms with Crippen LogP contribution in [0.25, 0.3) is 21.9 Å². The minimum Gasteiger partial charge on any atom is -0.354 e. The lowest BCUT2D eigenvalue weighted by Crippen LogP contribution is -2.41. The maximum atomic E-state index is 12.4. The Labute approximate surface area is 151 Å². The van der Waals surface area contributed by atoms with Crippen molar-refractivity contribution in [3.8, 4) is 0 Å². The molecule has 2 N–H and O–H groups in total. The fourth-order valence-electron chi connectivity index (χ4n) is 3.34. The molecule has 0 aromatic carbocycles. The van der Waals surface area contributed by atoms with Crippen molar-refractivity contribution in [2.45, 2.75) is 18.6 Å². The van der Waals surface area contributed by atoms with Crippen molar-refractivity contribution in [2.75, 3.05) is 23.7 Å². The highest BCUT2D eigenvalue weighted by Gasteiger charge is 2.37. The molecule has 4 heterocycles. The van der Waals surface area contributed by atoms with Gasteiger partial charge in [-0.2, -0.15) is 13.2 Å². The molecule has 0 amide bonds. The molecular weight excluding hydrogens is 385 g/mol. The van der Waals surface area contributed by atoms with Crippen molar-refractivity contribution in [1.29, 1.82) is 0 Å². The maximum absolute atomic E-state index is 12.4. The van der Waals surface area contributed by atoms with Crippen molar-refractivity contribution in [3.63, 3.8) is 0 Å². The number of H-pyrrole nitrogens is 1. The molecule has 12 heteroatoms. The van der Waals surface area contributed by atoms with E-state index in [4.69, 9.17) is 0 Å². The van der Waals surface area contributed by atoms with Crippen LogP contribution in [0.1, 0.15) is 6.42 Å². The van der Waals surface area contributed by atoms with Crippen LogP contribution in [0.15, 0.2) is 24.8 Å². The molecule has 1 fully saturated rings. The standard InChI is InChI=1S/C15H15F3N6O2S/c16-15(17,18)7-27(25,26)23-9-2-4-24(6-9)14-12-10-1-3-19-13(10)20-5-11(12)21-8-22-14/h1,3,5,8-9,23H,2,4,6-7H2,(H,21,22). The van der Waals surface area contributed by atoms with E-state index in [-0.39, 0.29) is 6.54 Å². The molecule has 144 valence electrons. The number of aromatic nitrogens is 4. The topological polar surface area (TPSA) is 104 Å². The number of hydrogen-bond donors (Lipinski definition) is 2. The predicted octanol–water partition coefficient (Wildman–Crippen LogP) is 1.57. The van der Waals surface area contributed by atoms with Crippen LogP contribution in [-0.4, -0.2) is 59.4 Å². The Kier molecular flexibility index (Phi) is 4.18. The molecule has 3 aromatic rings. The third-order valence-electron chi connectivity index (χ3n) is 4.35. The summed E-state index contributed by atoms with van der Waals surface area (Å²) in [5.41, 5.74) is 1.30. The highest BCUT2D eigenvalue weighted by Crippen LogP contribution is 2.31. The maximum Gasteiger partial charge on any atom is 0.404 e. The van der Waals surface area contributed by atoms with Crippen molar-refractivity contribution in [1.82, 2.24) is 24.7 Å². The zero-order valence-corrected chi connectivity index (χ0v) is 14.7. The van der Waals surface area contributed by atoms with Crippen LogP contribution < -0.4 is 9.62 Å². The number of alkyl halides is 3. The summed E-state index contributed by atoms with van der Waals surface area (Å²) in [7, 11) is -4.44. The summed E-state index contributed by atoms with van der Waals surface area (Å²) in [4.78, 5) is 17.6. The van der Waals surface area contributed by atoms with Gasteiger partial charge >= 0.3 is 6.18 Å². The van der Waals surface area contributed by atoms with E-state index in [1.54, 1.807) is 12.4 Å². The van der Waals surface area contributed by atoms with Gasteiger partial charge in [0.25, 0.3) is 0 Å². The summed E-state index contributed by atoms with van der Waals surface area (Å²) in [6.07, 6.45) is 0.372. The van der Waals surface area contributed by atoms with Crippen molar-refractivity contribution in [3.05, 3.63) is 24.8 Å². The van der Waals surface area contributed by atoms with Crippen molar-refractivity contribution < 1.29 is 21.6 Å². The average Bonchev–Trinajstić information content (AvgIpc) is 3.20. The lowest BCUT2D eigenvalue weighted by atomic mass is 10.2. The number of sulfonamides is 1. The van der Waals surface area contributed by atoms with Crippen LogP contribution in [-0.2, 0) is 10.0 Å². The highest BCUT2D eigenvalue weighted by molar-refractivity contribution is 7.89. The monoisotopic (exact) mass is 400 g/mol. The number of nitrogens with one attached hydrogen (secondary N) is 2. The molecular formula is C15H15F3N6O2S. The van der Waals surface area contributed by atoms with Gasteiger partial charge in [-0.3, -0.25) is 0 Å². The van der Waals surface area contributed by atoms with Crippen LogP contribution >= 0.6 is 0 Å². The van der Waals surface area contributed by atoms with E-state index in [0.29, 0.717) is 24.4 Å². The molecule has 0 aliphatic carbocycles. The van der Waals surface area contributed by atoms with Crippen LogP contribution in [0.2, 0.25) is 0 Å². The summed E-state index contributed by atoms with van der Waals surface area (Å²) in [5.74, 6) is -1.27. The molecule has 0 saturated carbocycles. The largest absolute Gasteiger partial charge is 0.404 e. The van der Waals surface area contributed by atoms with Crippen LogP contribution in [0.3, 0.4) is 0 Å². The number of fused-ring (bicyclic) bond motifs is 3. The fraction of sp³-hybridized carbons (Fsp3) is 0.400. The Balaban J connectivity index is 1.60. The summed E-state index contributed by atoms with van der Waals surface area (Å²) in [6, 6.07) is 1.19. The molecule has 8 nitrogen and oxygen atoms in total. The van der Waals surface area contributed by atoms with Crippen LogP contribution in [0, 0.1) is 0 Å². The van der Waals surface area contributed by atoms with Gasteiger partial charge in [0.2, 0.25) is 10.0 Å². The number of anilines is 1. The lowest BCUT2D eigenvalue weighted by molar-refractivity contribution is -0.106. The fourth-order valence-corrected chi connectivity index (χ4v) is 4.55. The zero-order chi connectivity index (χ0) is 19.2. The number of rotatable bonds is 4. The Bertz CT molecular complexity index is 1100.